The minimum atomic E-state index is 0.574. The molecule has 2 aromatic carbocycles. The molecule has 0 atom stereocenters. The number of hydrogen-bond acceptors (Lipinski definition) is 2. The Kier molecular flexibility index (Phi) is 4.18. The van der Waals surface area contributed by atoms with Gasteiger partial charge in [-0.1, -0.05) is 59.6 Å². The van der Waals surface area contributed by atoms with Crippen molar-refractivity contribution in [3.8, 4) is 0 Å². The number of para-hydroxylation sites is 1. The minimum Gasteiger partial charge on any atom is -0.309 e. The first-order chi connectivity index (χ1) is 10.2. The molecule has 0 saturated heterocycles. The lowest BCUT2D eigenvalue weighted by Gasteiger charge is -2.08. The summed E-state index contributed by atoms with van der Waals surface area (Å²) in [6.45, 7) is 3.63. The van der Waals surface area contributed by atoms with E-state index in [0.29, 0.717) is 11.7 Å². The van der Waals surface area contributed by atoms with Gasteiger partial charge < -0.3 is 5.32 Å². The van der Waals surface area contributed by atoms with Crippen molar-refractivity contribution < 1.29 is 0 Å². The molecule has 0 aliphatic carbocycles. The van der Waals surface area contributed by atoms with Crippen LogP contribution in [0.3, 0.4) is 0 Å². The zero-order chi connectivity index (χ0) is 14.7. The smallest absolute Gasteiger partial charge is 0.134 e. The third-order valence-corrected chi connectivity index (χ3v) is 3.84. The molecule has 1 heterocycles. The van der Waals surface area contributed by atoms with Gasteiger partial charge in [0.05, 0.1) is 5.52 Å². The zero-order valence-electron chi connectivity index (χ0n) is 11.9. The highest BCUT2D eigenvalue weighted by atomic mass is 35.5. The Bertz CT molecular complexity index is 751. The van der Waals surface area contributed by atoms with Crippen molar-refractivity contribution in [2.75, 3.05) is 0 Å². The number of nitrogens with zero attached hydrogens (tertiary/aromatic N) is 1. The summed E-state index contributed by atoms with van der Waals surface area (Å²) in [5.41, 5.74) is 4.51. The summed E-state index contributed by atoms with van der Waals surface area (Å²) in [6.07, 6.45) is 0. The van der Waals surface area contributed by atoms with Gasteiger partial charge in [0, 0.05) is 24.0 Å². The van der Waals surface area contributed by atoms with Gasteiger partial charge in [-0.25, -0.2) is 4.98 Å². The van der Waals surface area contributed by atoms with Crippen LogP contribution in [-0.2, 0) is 13.1 Å². The third-order valence-electron chi connectivity index (χ3n) is 3.52. The summed E-state index contributed by atoms with van der Waals surface area (Å²) in [6, 6.07) is 18.7. The highest BCUT2D eigenvalue weighted by Gasteiger charge is 2.04. The van der Waals surface area contributed by atoms with Gasteiger partial charge in [0.2, 0.25) is 0 Å². The van der Waals surface area contributed by atoms with Crippen molar-refractivity contribution in [2.24, 2.45) is 0 Å². The number of rotatable bonds is 4. The standard InChI is InChI=1S/C18H17ClN2/c1-13-6-8-14(9-7-13)11-20-12-16-10-15-4-2-3-5-17(15)21-18(16)19/h2-10,20H,11-12H2,1H3. The van der Waals surface area contributed by atoms with Gasteiger partial charge in [-0.3, -0.25) is 0 Å². The van der Waals surface area contributed by atoms with Gasteiger partial charge in [0.1, 0.15) is 5.15 Å². The first kappa shape index (κ1) is 14.1. The first-order valence-electron chi connectivity index (χ1n) is 7.03. The average Bonchev–Trinajstić information content (AvgIpc) is 2.50. The van der Waals surface area contributed by atoms with Gasteiger partial charge in [0.15, 0.2) is 0 Å². The number of benzene rings is 2. The van der Waals surface area contributed by atoms with Crippen LogP contribution in [0.25, 0.3) is 10.9 Å². The van der Waals surface area contributed by atoms with Crippen LogP contribution in [0.5, 0.6) is 0 Å². The van der Waals surface area contributed by atoms with Crippen molar-refractivity contribution in [1.82, 2.24) is 10.3 Å². The maximum atomic E-state index is 6.25. The molecule has 3 aromatic rings. The maximum Gasteiger partial charge on any atom is 0.134 e. The van der Waals surface area contributed by atoms with Gasteiger partial charge >= 0.3 is 0 Å². The lowest BCUT2D eigenvalue weighted by molar-refractivity contribution is 0.692. The van der Waals surface area contributed by atoms with Crippen molar-refractivity contribution in [3.63, 3.8) is 0 Å². The largest absolute Gasteiger partial charge is 0.309 e. The molecule has 21 heavy (non-hydrogen) atoms. The quantitative estimate of drug-likeness (QED) is 0.718. The Morgan fingerprint density at radius 2 is 1.76 bits per heavy atom. The molecular formula is C18H17ClN2. The molecule has 3 heteroatoms. The fourth-order valence-corrected chi connectivity index (χ4v) is 2.52. The summed E-state index contributed by atoms with van der Waals surface area (Å²) in [5, 5.41) is 5.11. The van der Waals surface area contributed by atoms with Crippen molar-refractivity contribution in [1.29, 1.82) is 0 Å². The molecule has 0 spiro atoms. The highest BCUT2D eigenvalue weighted by molar-refractivity contribution is 6.30. The molecule has 0 fully saturated rings. The van der Waals surface area contributed by atoms with E-state index in [1.807, 2.05) is 18.2 Å². The summed E-state index contributed by atoms with van der Waals surface area (Å²) >= 11 is 6.25. The fourth-order valence-electron chi connectivity index (χ4n) is 2.31. The van der Waals surface area contributed by atoms with E-state index in [2.05, 4.69) is 53.6 Å². The Morgan fingerprint density at radius 3 is 2.57 bits per heavy atom. The van der Waals surface area contributed by atoms with Crippen LogP contribution < -0.4 is 5.32 Å². The van der Waals surface area contributed by atoms with Crippen LogP contribution in [0.15, 0.2) is 54.6 Å². The van der Waals surface area contributed by atoms with E-state index in [4.69, 9.17) is 11.6 Å². The lowest BCUT2D eigenvalue weighted by atomic mass is 10.1. The molecule has 0 aliphatic heterocycles. The molecule has 0 aliphatic rings. The van der Waals surface area contributed by atoms with Crippen molar-refractivity contribution in [2.45, 2.75) is 20.0 Å². The Labute approximate surface area is 129 Å². The Balaban J connectivity index is 1.70. The van der Waals surface area contributed by atoms with E-state index in [0.717, 1.165) is 23.0 Å². The lowest BCUT2D eigenvalue weighted by Crippen LogP contribution is -2.13. The predicted octanol–water partition coefficient (Wildman–Crippen LogP) is 4.49. The van der Waals surface area contributed by atoms with Crippen LogP contribution in [0.4, 0.5) is 0 Å². The van der Waals surface area contributed by atoms with Crippen molar-refractivity contribution >= 4 is 22.5 Å². The van der Waals surface area contributed by atoms with Gasteiger partial charge in [-0.05, 0) is 24.6 Å². The van der Waals surface area contributed by atoms with E-state index in [1.165, 1.54) is 11.1 Å². The fraction of sp³-hybridized carbons (Fsp3) is 0.167. The molecule has 0 amide bonds. The van der Waals surface area contributed by atoms with Gasteiger partial charge in [-0.15, -0.1) is 0 Å². The van der Waals surface area contributed by atoms with E-state index >= 15 is 0 Å². The van der Waals surface area contributed by atoms with Crippen LogP contribution in [-0.4, -0.2) is 4.98 Å². The molecule has 1 N–H and O–H groups in total. The van der Waals surface area contributed by atoms with E-state index in [-0.39, 0.29) is 0 Å². The summed E-state index contributed by atoms with van der Waals surface area (Å²) in [7, 11) is 0. The summed E-state index contributed by atoms with van der Waals surface area (Å²) in [5.74, 6) is 0. The third kappa shape index (κ3) is 3.41. The van der Waals surface area contributed by atoms with Crippen molar-refractivity contribution in [3.05, 3.63) is 76.4 Å². The molecule has 0 radical (unpaired) electrons. The predicted molar refractivity (Wildman–Crippen MR) is 88.5 cm³/mol. The monoisotopic (exact) mass is 296 g/mol. The molecule has 0 bridgehead atoms. The maximum absolute atomic E-state index is 6.25. The second kappa shape index (κ2) is 6.25. The normalized spacial score (nSPS) is 11.0. The van der Waals surface area contributed by atoms with Gasteiger partial charge in [0.25, 0.3) is 0 Å². The van der Waals surface area contributed by atoms with Crippen LogP contribution in [0.1, 0.15) is 16.7 Å². The average molecular weight is 297 g/mol. The number of nitrogens with one attached hydrogen (secondary N) is 1. The summed E-state index contributed by atoms with van der Waals surface area (Å²) in [4.78, 5) is 4.44. The molecule has 2 nitrogen and oxygen atoms in total. The van der Waals surface area contributed by atoms with Crippen LogP contribution in [0, 0.1) is 6.92 Å². The molecule has 3 rings (SSSR count). The number of halogens is 1. The number of aromatic nitrogens is 1. The molecule has 1 aromatic heterocycles. The van der Waals surface area contributed by atoms with Gasteiger partial charge in [-0.2, -0.15) is 0 Å². The Morgan fingerprint density at radius 1 is 1.00 bits per heavy atom. The van der Waals surface area contributed by atoms with Crippen LogP contribution in [0.2, 0.25) is 5.15 Å². The second-order valence-corrected chi connectivity index (χ2v) is 5.58. The number of aryl methyl sites for hydroxylation is 1. The van der Waals surface area contributed by atoms with E-state index in [9.17, 15) is 0 Å². The van der Waals surface area contributed by atoms with E-state index in [1.54, 1.807) is 0 Å². The number of pyridine rings is 1. The molecule has 0 saturated carbocycles. The zero-order valence-corrected chi connectivity index (χ0v) is 12.7. The minimum absolute atomic E-state index is 0.574. The van der Waals surface area contributed by atoms with E-state index < -0.39 is 0 Å². The first-order valence-corrected chi connectivity index (χ1v) is 7.40. The van der Waals surface area contributed by atoms with Crippen LogP contribution >= 0.6 is 11.6 Å². The number of hydrogen-bond donors (Lipinski definition) is 1. The summed E-state index contributed by atoms with van der Waals surface area (Å²) < 4.78 is 0. The highest BCUT2D eigenvalue weighted by Crippen LogP contribution is 2.20. The topological polar surface area (TPSA) is 24.9 Å². The molecule has 0 unspecified atom stereocenters. The SMILES string of the molecule is Cc1ccc(CNCc2cc3ccccc3nc2Cl)cc1. The second-order valence-electron chi connectivity index (χ2n) is 5.22. The Hall–Kier alpha value is -1.90. The molecular weight excluding hydrogens is 280 g/mol. The molecule has 106 valence electrons. The number of fused-ring (bicyclic) bond motifs is 1.